The zero-order valence-corrected chi connectivity index (χ0v) is 12.9. The van der Waals surface area contributed by atoms with Gasteiger partial charge in [0.15, 0.2) is 11.4 Å². The molecule has 3 rings (SSSR count). The van der Waals surface area contributed by atoms with Crippen LogP contribution in [-0.2, 0) is 6.18 Å². The monoisotopic (exact) mass is 378 g/mol. The Kier molecular flexibility index (Phi) is 4.55. The first-order chi connectivity index (χ1) is 12.1. The van der Waals surface area contributed by atoms with Crippen LogP contribution in [0.2, 0.25) is 0 Å². The van der Waals surface area contributed by atoms with Crippen molar-refractivity contribution in [3.8, 4) is 5.75 Å². The van der Waals surface area contributed by atoms with Crippen molar-refractivity contribution in [1.82, 2.24) is 9.97 Å². The first kappa shape index (κ1) is 18.1. The highest BCUT2D eigenvalue weighted by Gasteiger charge is 2.35. The largest absolute Gasteiger partial charge is 0.573 e. The van der Waals surface area contributed by atoms with Crippen LogP contribution in [0, 0.1) is 0 Å². The normalized spacial score (nSPS) is 14.8. The van der Waals surface area contributed by atoms with Crippen LogP contribution >= 0.6 is 0 Å². The fourth-order valence-corrected chi connectivity index (χ4v) is 2.05. The predicted molar refractivity (Wildman–Crippen MR) is 80.1 cm³/mol. The highest BCUT2D eigenvalue weighted by atomic mass is 19.4. The van der Waals surface area contributed by atoms with Gasteiger partial charge in [-0.3, -0.25) is 0 Å². The van der Waals surface area contributed by atoms with Crippen LogP contribution < -0.4 is 15.4 Å². The molecule has 1 aromatic carbocycles. The van der Waals surface area contributed by atoms with Gasteiger partial charge in [0.05, 0.1) is 5.69 Å². The van der Waals surface area contributed by atoms with Crippen molar-refractivity contribution in [2.45, 2.75) is 31.4 Å². The van der Waals surface area contributed by atoms with Crippen LogP contribution in [0.4, 0.5) is 43.8 Å². The Bertz CT molecular complexity index is 788. The Balaban J connectivity index is 1.91. The van der Waals surface area contributed by atoms with E-state index in [-0.39, 0.29) is 23.5 Å². The molecule has 26 heavy (non-hydrogen) atoms. The second kappa shape index (κ2) is 6.54. The molecule has 0 atom stereocenters. The van der Waals surface area contributed by atoms with Crippen LogP contribution in [0.5, 0.6) is 5.75 Å². The Hall–Kier alpha value is -2.72. The molecule has 1 aliphatic carbocycles. The average molecular weight is 378 g/mol. The number of hydrogen-bond acceptors (Lipinski definition) is 5. The summed E-state index contributed by atoms with van der Waals surface area (Å²) in [5.41, 5.74) is -1.40. The molecule has 11 heteroatoms. The van der Waals surface area contributed by atoms with Crippen molar-refractivity contribution in [1.29, 1.82) is 0 Å². The van der Waals surface area contributed by atoms with Crippen LogP contribution in [-0.4, -0.2) is 22.4 Å². The van der Waals surface area contributed by atoms with Crippen molar-refractivity contribution in [2.75, 3.05) is 10.6 Å². The number of anilines is 3. The van der Waals surface area contributed by atoms with E-state index in [0.29, 0.717) is 6.07 Å². The smallest absolute Gasteiger partial charge is 0.404 e. The van der Waals surface area contributed by atoms with E-state index >= 15 is 0 Å². The maximum atomic E-state index is 13.0. The summed E-state index contributed by atoms with van der Waals surface area (Å²) in [4.78, 5) is 7.30. The highest BCUT2D eigenvalue weighted by molar-refractivity contribution is 5.65. The molecule has 0 radical (unpaired) electrons. The van der Waals surface area contributed by atoms with Gasteiger partial charge < -0.3 is 15.4 Å². The summed E-state index contributed by atoms with van der Waals surface area (Å²) >= 11 is 0. The van der Waals surface area contributed by atoms with Crippen LogP contribution in [0.3, 0.4) is 0 Å². The van der Waals surface area contributed by atoms with Crippen LogP contribution in [0.1, 0.15) is 18.5 Å². The lowest BCUT2D eigenvalue weighted by Crippen LogP contribution is -2.18. The van der Waals surface area contributed by atoms with Gasteiger partial charge in [-0.05, 0) is 25.0 Å². The molecule has 1 fully saturated rings. The topological polar surface area (TPSA) is 59.1 Å². The molecule has 0 unspecified atom stereocenters. The van der Waals surface area contributed by atoms with Crippen molar-refractivity contribution in [3.05, 3.63) is 36.0 Å². The summed E-state index contributed by atoms with van der Waals surface area (Å²) in [6.07, 6.45) is -8.12. The van der Waals surface area contributed by atoms with E-state index in [1.54, 1.807) is 0 Å². The van der Waals surface area contributed by atoms with Crippen molar-refractivity contribution < 1.29 is 31.1 Å². The molecule has 2 aromatic rings. The zero-order chi connectivity index (χ0) is 18.9. The molecule has 1 saturated carbocycles. The number of rotatable bonds is 5. The predicted octanol–water partition coefficient (Wildman–Crippen LogP) is 4.71. The van der Waals surface area contributed by atoms with Gasteiger partial charge >= 0.3 is 12.5 Å². The molecule has 1 aromatic heterocycles. The van der Waals surface area contributed by atoms with E-state index in [9.17, 15) is 26.3 Å². The Morgan fingerprint density at radius 2 is 1.69 bits per heavy atom. The number of nitrogens with zero attached hydrogens (tertiary/aromatic N) is 2. The summed E-state index contributed by atoms with van der Waals surface area (Å²) in [6, 6.07) is 5.57. The van der Waals surface area contributed by atoms with E-state index in [1.807, 2.05) is 0 Å². The molecule has 2 N–H and O–H groups in total. The standard InChI is InChI=1S/C15H12F6N4O/c16-14(17,18)11-7-12(25-13(24-11)22-8-5-6-8)23-9-3-1-2-4-10(9)26-15(19,20)21/h1-4,7-8H,5-6H2,(H2,22,23,24,25). The Morgan fingerprint density at radius 1 is 1.00 bits per heavy atom. The molecule has 0 bridgehead atoms. The third kappa shape index (κ3) is 4.90. The lowest BCUT2D eigenvalue weighted by molar-refractivity contribution is -0.274. The molecule has 0 spiro atoms. The molecule has 1 heterocycles. The van der Waals surface area contributed by atoms with Gasteiger partial charge in [0, 0.05) is 12.1 Å². The number of alkyl halides is 6. The number of benzene rings is 1. The maximum Gasteiger partial charge on any atom is 0.573 e. The van der Waals surface area contributed by atoms with Crippen LogP contribution in [0.25, 0.3) is 0 Å². The molecule has 0 aliphatic heterocycles. The minimum absolute atomic E-state index is 0.00724. The summed E-state index contributed by atoms with van der Waals surface area (Å²) in [5, 5.41) is 5.16. The van der Waals surface area contributed by atoms with Crippen LogP contribution in [0.15, 0.2) is 30.3 Å². The van der Waals surface area contributed by atoms with Gasteiger partial charge in [-0.2, -0.15) is 18.2 Å². The SMILES string of the molecule is FC(F)(F)Oc1ccccc1Nc1cc(C(F)(F)F)nc(NC2CC2)n1. The Labute approximate surface area is 143 Å². The molecule has 0 amide bonds. The quantitative estimate of drug-likeness (QED) is 0.738. The van der Waals surface area contributed by atoms with E-state index in [0.717, 1.165) is 18.9 Å². The fourth-order valence-electron chi connectivity index (χ4n) is 2.05. The van der Waals surface area contributed by atoms with E-state index in [2.05, 4.69) is 25.3 Å². The highest BCUT2D eigenvalue weighted by Crippen LogP contribution is 2.34. The summed E-state index contributed by atoms with van der Waals surface area (Å²) in [5.74, 6) is -1.16. The fraction of sp³-hybridized carbons (Fsp3) is 0.333. The van der Waals surface area contributed by atoms with E-state index in [1.165, 1.54) is 18.2 Å². The summed E-state index contributed by atoms with van der Waals surface area (Å²) in [6.45, 7) is 0. The molecule has 140 valence electrons. The van der Waals surface area contributed by atoms with Gasteiger partial charge in [-0.15, -0.1) is 13.2 Å². The Morgan fingerprint density at radius 3 is 2.31 bits per heavy atom. The number of nitrogens with one attached hydrogen (secondary N) is 2. The van der Waals surface area contributed by atoms with Crippen molar-refractivity contribution >= 4 is 17.5 Å². The van der Waals surface area contributed by atoms with Gasteiger partial charge in [-0.1, -0.05) is 12.1 Å². The first-order valence-corrected chi connectivity index (χ1v) is 7.45. The number of halogens is 6. The minimum atomic E-state index is -4.95. The summed E-state index contributed by atoms with van der Waals surface area (Å²) in [7, 11) is 0. The lowest BCUT2D eigenvalue weighted by Gasteiger charge is -2.16. The maximum absolute atomic E-state index is 13.0. The van der Waals surface area contributed by atoms with Gasteiger partial charge in [-0.25, -0.2) is 4.98 Å². The number of aromatic nitrogens is 2. The van der Waals surface area contributed by atoms with Gasteiger partial charge in [0.2, 0.25) is 5.95 Å². The first-order valence-electron chi connectivity index (χ1n) is 7.45. The second-order valence-electron chi connectivity index (χ2n) is 5.55. The third-order valence-electron chi connectivity index (χ3n) is 3.30. The molecular weight excluding hydrogens is 366 g/mol. The number of ether oxygens (including phenoxy) is 1. The van der Waals surface area contributed by atoms with Crippen molar-refractivity contribution in [2.24, 2.45) is 0 Å². The number of hydrogen-bond donors (Lipinski definition) is 2. The van der Waals surface area contributed by atoms with Crippen molar-refractivity contribution in [3.63, 3.8) is 0 Å². The zero-order valence-electron chi connectivity index (χ0n) is 12.9. The minimum Gasteiger partial charge on any atom is -0.404 e. The molecule has 1 aliphatic rings. The van der Waals surface area contributed by atoms with E-state index in [4.69, 9.17) is 0 Å². The molecule has 0 saturated heterocycles. The average Bonchev–Trinajstić information content (AvgIpc) is 3.31. The molecule has 5 nitrogen and oxygen atoms in total. The van der Waals surface area contributed by atoms with E-state index < -0.39 is 24.0 Å². The third-order valence-corrected chi connectivity index (χ3v) is 3.30. The summed E-state index contributed by atoms with van der Waals surface area (Å²) < 4.78 is 80.3. The molecular formula is C15H12F6N4O. The second-order valence-corrected chi connectivity index (χ2v) is 5.55. The lowest BCUT2D eigenvalue weighted by atomic mass is 10.3. The number of para-hydroxylation sites is 2. The van der Waals surface area contributed by atoms with Gasteiger partial charge in [0.25, 0.3) is 0 Å². The van der Waals surface area contributed by atoms with Gasteiger partial charge in [0.1, 0.15) is 5.82 Å².